The Hall–Kier alpha value is -3.13. The third-order valence-corrected chi connectivity index (χ3v) is 7.90. The van der Waals surface area contributed by atoms with E-state index in [-0.39, 0.29) is 5.56 Å². The number of aromatic nitrogens is 3. The fourth-order valence-corrected chi connectivity index (χ4v) is 5.71. The molecule has 2 heterocycles. The van der Waals surface area contributed by atoms with Crippen LogP contribution in [0.25, 0.3) is 15.3 Å². The number of benzene rings is 3. The molecular weight excluding hydrogens is 496 g/mol. The van der Waals surface area contributed by atoms with Crippen molar-refractivity contribution in [3.05, 3.63) is 111 Å². The number of hydrogen-bond acceptors (Lipinski definition) is 5. The Bertz CT molecular complexity index is 1500. The highest BCUT2D eigenvalue weighted by atomic mass is 35.5. The van der Waals surface area contributed by atoms with Gasteiger partial charge in [0.2, 0.25) is 5.13 Å². The van der Waals surface area contributed by atoms with Crippen LogP contribution in [0.15, 0.2) is 93.5 Å². The second kappa shape index (κ2) is 10.6. The highest BCUT2D eigenvalue weighted by Crippen LogP contribution is 2.27. The van der Waals surface area contributed by atoms with Crippen molar-refractivity contribution < 1.29 is 0 Å². The summed E-state index contributed by atoms with van der Waals surface area (Å²) in [5.74, 6) is 0.593. The van der Waals surface area contributed by atoms with Crippen molar-refractivity contribution in [2.24, 2.45) is 4.99 Å². The maximum absolute atomic E-state index is 13.6. The highest BCUT2D eigenvalue weighted by Gasteiger charge is 2.20. The van der Waals surface area contributed by atoms with Gasteiger partial charge in [0.25, 0.3) is 5.56 Å². The van der Waals surface area contributed by atoms with Crippen LogP contribution in [0.5, 0.6) is 0 Å². The highest BCUT2D eigenvalue weighted by molar-refractivity contribution is 7.98. The molecule has 0 spiro atoms. The van der Waals surface area contributed by atoms with Crippen molar-refractivity contribution in [3.8, 4) is 5.13 Å². The number of H-pyrrole nitrogens is 1. The number of para-hydroxylation sites is 1. The summed E-state index contributed by atoms with van der Waals surface area (Å²) in [7, 11) is 0. The van der Waals surface area contributed by atoms with Gasteiger partial charge < -0.3 is 0 Å². The quantitative estimate of drug-likeness (QED) is 0.182. The Kier molecular flexibility index (Phi) is 7.18. The Morgan fingerprint density at radius 1 is 1.06 bits per heavy atom. The second-order valence-corrected chi connectivity index (χ2v) is 10.5. The van der Waals surface area contributed by atoms with Crippen LogP contribution in [-0.2, 0) is 12.2 Å². The van der Waals surface area contributed by atoms with Crippen molar-refractivity contribution in [2.45, 2.75) is 24.0 Å². The first-order chi connectivity index (χ1) is 17.1. The molecule has 0 aliphatic rings. The number of hydrogen-bond donors (Lipinski definition) is 1. The van der Waals surface area contributed by atoms with Gasteiger partial charge in [-0.3, -0.25) is 14.9 Å². The second-order valence-electron chi connectivity index (χ2n) is 8.02. The largest absolute Gasteiger partial charge is 0.291 e. The number of nitrogens with one attached hydrogen (secondary N) is 1. The van der Waals surface area contributed by atoms with E-state index >= 15 is 0 Å². The molecule has 0 saturated carbocycles. The van der Waals surface area contributed by atoms with E-state index in [1.54, 1.807) is 16.4 Å². The van der Waals surface area contributed by atoms with Crippen LogP contribution in [0, 0.1) is 0 Å². The van der Waals surface area contributed by atoms with E-state index in [1.165, 1.54) is 16.9 Å². The van der Waals surface area contributed by atoms with Gasteiger partial charge in [0.15, 0.2) is 0 Å². The minimum absolute atomic E-state index is 0.128. The van der Waals surface area contributed by atoms with E-state index in [0.717, 1.165) is 32.9 Å². The molecule has 0 aliphatic carbocycles. The zero-order valence-electron chi connectivity index (χ0n) is 19.1. The molecule has 5 nitrogen and oxygen atoms in total. The molecule has 0 radical (unpaired) electrons. The predicted octanol–water partition coefficient (Wildman–Crippen LogP) is 6.77. The molecule has 35 heavy (non-hydrogen) atoms. The van der Waals surface area contributed by atoms with Crippen molar-refractivity contribution in [1.29, 1.82) is 0 Å². The van der Waals surface area contributed by atoms with Gasteiger partial charge in [0.1, 0.15) is 0 Å². The summed E-state index contributed by atoms with van der Waals surface area (Å²) in [5, 5.41) is 4.65. The van der Waals surface area contributed by atoms with Crippen molar-refractivity contribution in [3.63, 3.8) is 0 Å². The fraction of sp³-hybridized carbons (Fsp3) is 0.148. The maximum Gasteiger partial charge on any atom is 0.282 e. The SMILES string of the molecule is CC(=NCCc1ccccc1)c1c(CSc2ccc(Cl)cc2)[nH]n(-c2nc3ccccc3s2)c1=O. The molecule has 0 aliphatic heterocycles. The van der Waals surface area contributed by atoms with E-state index in [4.69, 9.17) is 16.6 Å². The molecule has 0 atom stereocenters. The van der Waals surface area contributed by atoms with Gasteiger partial charge in [-0.1, -0.05) is 65.4 Å². The Morgan fingerprint density at radius 3 is 2.57 bits per heavy atom. The first-order valence-electron chi connectivity index (χ1n) is 11.2. The third kappa shape index (κ3) is 5.42. The first-order valence-corrected chi connectivity index (χ1v) is 13.4. The van der Waals surface area contributed by atoms with Gasteiger partial charge in [-0.05, 0) is 55.3 Å². The number of thiazole rings is 1. The normalized spacial score (nSPS) is 11.9. The molecule has 2 aromatic heterocycles. The standard InChI is InChI=1S/C27H23ClN4OS2/c1-18(29-16-15-19-7-3-2-4-8-19)25-23(17-34-21-13-11-20(28)12-14-21)31-32(26(25)33)27-30-22-9-5-6-10-24(22)35-27/h2-14,31H,15-17H2,1H3. The van der Waals surface area contributed by atoms with Gasteiger partial charge in [-0.25, -0.2) is 4.98 Å². The number of thioether (sulfide) groups is 1. The van der Waals surface area contributed by atoms with E-state index in [0.29, 0.717) is 28.0 Å². The Labute approximate surface area is 216 Å². The first kappa shape index (κ1) is 23.6. The molecule has 0 bridgehead atoms. The molecule has 0 unspecified atom stereocenters. The molecule has 8 heteroatoms. The summed E-state index contributed by atoms with van der Waals surface area (Å²) >= 11 is 9.16. The van der Waals surface area contributed by atoms with Crippen LogP contribution >= 0.6 is 34.7 Å². The van der Waals surface area contributed by atoms with Crippen molar-refractivity contribution >= 4 is 50.6 Å². The van der Waals surface area contributed by atoms with Crippen LogP contribution in [-0.4, -0.2) is 27.0 Å². The average molecular weight is 519 g/mol. The zero-order valence-corrected chi connectivity index (χ0v) is 21.5. The predicted molar refractivity (Wildman–Crippen MR) is 148 cm³/mol. The lowest BCUT2D eigenvalue weighted by Gasteiger charge is -2.04. The molecule has 5 aromatic rings. The lowest BCUT2D eigenvalue weighted by atomic mass is 10.1. The Balaban J connectivity index is 1.47. The molecular formula is C27H23ClN4OS2. The molecule has 0 fully saturated rings. The van der Waals surface area contributed by atoms with E-state index < -0.39 is 0 Å². The number of fused-ring (bicyclic) bond motifs is 1. The Morgan fingerprint density at radius 2 is 1.80 bits per heavy atom. The molecule has 5 rings (SSSR count). The van der Waals surface area contributed by atoms with Crippen molar-refractivity contribution in [1.82, 2.24) is 14.8 Å². The van der Waals surface area contributed by atoms with Gasteiger partial charge in [-0.15, -0.1) is 11.8 Å². The summed E-state index contributed by atoms with van der Waals surface area (Å²) < 4.78 is 2.59. The molecule has 176 valence electrons. The van der Waals surface area contributed by atoms with Crippen LogP contribution < -0.4 is 5.56 Å². The summed E-state index contributed by atoms with van der Waals surface area (Å²) in [5.41, 5.74) is 4.14. The number of rotatable bonds is 8. The number of nitrogens with zero attached hydrogens (tertiary/aromatic N) is 3. The van der Waals surface area contributed by atoms with Crippen LogP contribution in [0.4, 0.5) is 0 Å². The lowest BCUT2D eigenvalue weighted by Crippen LogP contribution is -2.20. The number of aromatic amines is 1. The smallest absolute Gasteiger partial charge is 0.282 e. The van der Waals surface area contributed by atoms with Crippen molar-refractivity contribution in [2.75, 3.05) is 6.54 Å². The monoisotopic (exact) mass is 518 g/mol. The minimum atomic E-state index is -0.128. The van der Waals surface area contributed by atoms with Crippen LogP contribution in [0.1, 0.15) is 23.7 Å². The van der Waals surface area contributed by atoms with Gasteiger partial charge in [-0.2, -0.15) is 4.68 Å². The summed E-state index contributed by atoms with van der Waals surface area (Å²) in [6.07, 6.45) is 0.823. The molecule has 1 N–H and O–H groups in total. The lowest BCUT2D eigenvalue weighted by molar-refractivity contribution is 0.827. The zero-order chi connectivity index (χ0) is 24.2. The molecule has 0 amide bonds. The molecule has 3 aromatic carbocycles. The van der Waals surface area contributed by atoms with Crippen LogP contribution in [0.2, 0.25) is 5.02 Å². The third-order valence-electron chi connectivity index (χ3n) is 5.59. The minimum Gasteiger partial charge on any atom is -0.291 e. The summed E-state index contributed by atoms with van der Waals surface area (Å²) in [6, 6.07) is 25.9. The van der Waals surface area contributed by atoms with Gasteiger partial charge >= 0.3 is 0 Å². The van der Waals surface area contributed by atoms with E-state index in [9.17, 15) is 4.79 Å². The maximum atomic E-state index is 13.6. The van der Waals surface area contributed by atoms with E-state index in [2.05, 4.69) is 22.2 Å². The van der Waals surface area contributed by atoms with E-state index in [1.807, 2.05) is 73.7 Å². The van der Waals surface area contributed by atoms with Gasteiger partial charge in [0, 0.05) is 27.9 Å². The van der Waals surface area contributed by atoms with Gasteiger partial charge in [0.05, 0.1) is 21.5 Å². The number of halogens is 1. The fourth-order valence-electron chi connectivity index (χ4n) is 3.81. The summed E-state index contributed by atoms with van der Waals surface area (Å²) in [4.78, 5) is 24.1. The van der Waals surface area contributed by atoms with Crippen LogP contribution in [0.3, 0.4) is 0 Å². The number of aliphatic imine (C=N–C) groups is 1. The summed E-state index contributed by atoms with van der Waals surface area (Å²) in [6.45, 7) is 2.53. The average Bonchev–Trinajstić information content (AvgIpc) is 3.45. The molecule has 0 saturated heterocycles. The topological polar surface area (TPSA) is 63.0 Å².